The standard InChI is InChI=1S/C12H26N2/c1-10(2)8-12(13)9-14-7-5-4-6-11(14)3/h10-12H,4-9,13H2,1-3H3. The fourth-order valence-electron chi connectivity index (χ4n) is 2.41. The van der Waals surface area contributed by atoms with E-state index in [1.54, 1.807) is 0 Å². The maximum Gasteiger partial charge on any atom is 0.0170 e. The molecule has 0 aromatic carbocycles. The molecule has 0 radical (unpaired) electrons. The quantitative estimate of drug-likeness (QED) is 0.750. The van der Waals surface area contributed by atoms with Crippen LogP contribution in [0.1, 0.15) is 46.5 Å². The van der Waals surface area contributed by atoms with Crippen LogP contribution < -0.4 is 5.73 Å². The molecular formula is C12H26N2. The largest absolute Gasteiger partial charge is 0.327 e. The molecule has 0 aromatic heterocycles. The number of hydrogen-bond acceptors (Lipinski definition) is 2. The molecule has 0 amide bonds. The van der Waals surface area contributed by atoms with Crippen molar-refractivity contribution in [3.05, 3.63) is 0 Å². The Labute approximate surface area is 88.8 Å². The summed E-state index contributed by atoms with van der Waals surface area (Å²) in [5.74, 6) is 0.727. The molecule has 2 nitrogen and oxygen atoms in total. The summed E-state index contributed by atoms with van der Waals surface area (Å²) in [6, 6.07) is 1.12. The van der Waals surface area contributed by atoms with E-state index in [9.17, 15) is 0 Å². The van der Waals surface area contributed by atoms with E-state index in [1.807, 2.05) is 0 Å². The van der Waals surface area contributed by atoms with Gasteiger partial charge < -0.3 is 5.73 Å². The molecule has 14 heavy (non-hydrogen) atoms. The van der Waals surface area contributed by atoms with Crippen LogP contribution in [0.4, 0.5) is 0 Å². The molecule has 84 valence electrons. The van der Waals surface area contributed by atoms with E-state index in [-0.39, 0.29) is 0 Å². The van der Waals surface area contributed by atoms with Gasteiger partial charge in [-0.1, -0.05) is 20.3 Å². The zero-order chi connectivity index (χ0) is 10.6. The first kappa shape index (κ1) is 12.0. The Kier molecular flexibility index (Phi) is 4.90. The maximum atomic E-state index is 6.13. The van der Waals surface area contributed by atoms with E-state index in [0.717, 1.165) is 24.9 Å². The molecule has 0 aliphatic carbocycles. The van der Waals surface area contributed by atoms with E-state index in [1.165, 1.54) is 25.8 Å². The summed E-state index contributed by atoms with van der Waals surface area (Å²) in [7, 11) is 0. The van der Waals surface area contributed by atoms with E-state index < -0.39 is 0 Å². The Bertz CT molecular complexity index is 156. The Morgan fingerprint density at radius 3 is 2.64 bits per heavy atom. The second-order valence-corrected chi connectivity index (χ2v) is 5.23. The average Bonchev–Trinajstić information content (AvgIpc) is 2.07. The number of rotatable bonds is 4. The third-order valence-corrected chi connectivity index (χ3v) is 3.18. The average molecular weight is 198 g/mol. The minimum absolute atomic E-state index is 0.371. The summed E-state index contributed by atoms with van der Waals surface area (Å²) >= 11 is 0. The van der Waals surface area contributed by atoms with Crippen molar-refractivity contribution in [3.63, 3.8) is 0 Å². The molecule has 0 spiro atoms. The molecule has 2 atom stereocenters. The van der Waals surface area contributed by atoms with Crippen molar-refractivity contribution in [2.45, 2.75) is 58.5 Å². The molecule has 0 aromatic rings. The van der Waals surface area contributed by atoms with Crippen molar-refractivity contribution in [1.29, 1.82) is 0 Å². The first-order valence-corrected chi connectivity index (χ1v) is 6.09. The normalized spacial score (nSPS) is 26.8. The predicted molar refractivity (Wildman–Crippen MR) is 62.3 cm³/mol. The van der Waals surface area contributed by atoms with Crippen LogP contribution in [0.2, 0.25) is 0 Å². The summed E-state index contributed by atoms with van der Waals surface area (Å²) < 4.78 is 0. The van der Waals surface area contributed by atoms with Gasteiger partial charge in [-0.25, -0.2) is 0 Å². The fraction of sp³-hybridized carbons (Fsp3) is 1.00. The molecule has 1 saturated heterocycles. The van der Waals surface area contributed by atoms with Gasteiger partial charge in [-0.05, 0) is 38.6 Å². The fourth-order valence-corrected chi connectivity index (χ4v) is 2.41. The first-order valence-electron chi connectivity index (χ1n) is 6.09. The second kappa shape index (κ2) is 5.72. The topological polar surface area (TPSA) is 29.3 Å². The Hall–Kier alpha value is -0.0800. The molecule has 0 saturated carbocycles. The Balaban J connectivity index is 2.27. The number of nitrogens with two attached hydrogens (primary N) is 1. The van der Waals surface area contributed by atoms with Gasteiger partial charge in [0, 0.05) is 18.6 Å². The summed E-state index contributed by atoms with van der Waals surface area (Å²) in [6.45, 7) is 9.19. The summed E-state index contributed by atoms with van der Waals surface area (Å²) in [5.41, 5.74) is 6.13. The monoisotopic (exact) mass is 198 g/mol. The predicted octanol–water partition coefficient (Wildman–Crippen LogP) is 2.23. The van der Waals surface area contributed by atoms with E-state index in [0.29, 0.717) is 6.04 Å². The van der Waals surface area contributed by atoms with Gasteiger partial charge in [0.05, 0.1) is 0 Å². The summed E-state index contributed by atoms with van der Waals surface area (Å²) in [4.78, 5) is 2.57. The van der Waals surface area contributed by atoms with Crippen LogP contribution in [-0.2, 0) is 0 Å². The van der Waals surface area contributed by atoms with Crippen LogP contribution in [0.15, 0.2) is 0 Å². The van der Waals surface area contributed by atoms with Crippen LogP contribution in [0.25, 0.3) is 0 Å². The van der Waals surface area contributed by atoms with E-state index in [2.05, 4.69) is 25.7 Å². The highest BCUT2D eigenvalue weighted by atomic mass is 15.2. The summed E-state index contributed by atoms with van der Waals surface area (Å²) in [6.07, 6.45) is 5.27. The van der Waals surface area contributed by atoms with Crippen molar-refractivity contribution in [1.82, 2.24) is 4.90 Å². The SMILES string of the molecule is CC(C)CC(N)CN1CCCCC1C. The van der Waals surface area contributed by atoms with Gasteiger partial charge in [-0.2, -0.15) is 0 Å². The van der Waals surface area contributed by atoms with Crippen LogP contribution in [0, 0.1) is 5.92 Å². The first-order chi connectivity index (χ1) is 6.59. The van der Waals surface area contributed by atoms with Crippen LogP contribution in [-0.4, -0.2) is 30.1 Å². The lowest BCUT2D eigenvalue weighted by atomic mass is 10.00. The molecule has 2 N–H and O–H groups in total. The second-order valence-electron chi connectivity index (χ2n) is 5.23. The van der Waals surface area contributed by atoms with Crippen LogP contribution in [0.3, 0.4) is 0 Å². The zero-order valence-electron chi connectivity index (χ0n) is 10.00. The third-order valence-electron chi connectivity index (χ3n) is 3.18. The molecule has 2 heteroatoms. The van der Waals surface area contributed by atoms with Gasteiger partial charge in [-0.15, -0.1) is 0 Å². The lowest BCUT2D eigenvalue weighted by Gasteiger charge is -2.35. The smallest absolute Gasteiger partial charge is 0.0170 e. The molecule has 1 aliphatic heterocycles. The molecule has 0 bridgehead atoms. The molecular weight excluding hydrogens is 172 g/mol. The van der Waals surface area contributed by atoms with Gasteiger partial charge in [0.1, 0.15) is 0 Å². The van der Waals surface area contributed by atoms with Crippen LogP contribution >= 0.6 is 0 Å². The molecule has 1 heterocycles. The van der Waals surface area contributed by atoms with Gasteiger partial charge in [0.25, 0.3) is 0 Å². The van der Waals surface area contributed by atoms with E-state index in [4.69, 9.17) is 5.73 Å². The number of likely N-dealkylation sites (tertiary alicyclic amines) is 1. The van der Waals surface area contributed by atoms with Gasteiger partial charge >= 0.3 is 0 Å². The van der Waals surface area contributed by atoms with Crippen molar-refractivity contribution >= 4 is 0 Å². The minimum Gasteiger partial charge on any atom is -0.327 e. The van der Waals surface area contributed by atoms with Crippen molar-refractivity contribution in [2.75, 3.05) is 13.1 Å². The zero-order valence-corrected chi connectivity index (χ0v) is 10.00. The molecule has 2 unspecified atom stereocenters. The minimum atomic E-state index is 0.371. The number of nitrogens with zero attached hydrogens (tertiary/aromatic N) is 1. The Morgan fingerprint density at radius 1 is 1.36 bits per heavy atom. The Morgan fingerprint density at radius 2 is 2.07 bits per heavy atom. The molecule has 1 rings (SSSR count). The van der Waals surface area contributed by atoms with Crippen molar-refractivity contribution < 1.29 is 0 Å². The third kappa shape index (κ3) is 3.97. The lowest BCUT2D eigenvalue weighted by Crippen LogP contribution is -2.45. The maximum absolute atomic E-state index is 6.13. The van der Waals surface area contributed by atoms with Gasteiger partial charge in [0.2, 0.25) is 0 Å². The molecule has 1 fully saturated rings. The van der Waals surface area contributed by atoms with E-state index >= 15 is 0 Å². The highest BCUT2D eigenvalue weighted by Crippen LogP contribution is 2.17. The number of hydrogen-bond donors (Lipinski definition) is 1. The highest BCUT2D eigenvalue weighted by Gasteiger charge is 2.20. The van der Waals surface area contributed by atoms with Gasteiger partial charge in [0.15, 0.2) is 0 Å². The van der Waals surface area contributed by atoms with Crippen LogP contribution in [0.5, 0.6) is 0 Å². The lowest BCUT2D eigenvalue weighted by molar-refractivity contribution is 0.147. The number of piperidine rings is 1. The molecule has 1 aliphatic rings. The highest BCUT2D eigenvalue weighted by molar-refractivity contribution is 4.77. The summed E-state index contributed by atoms with van der Waals surface area (Å²) in [5, 5.41) is 0. The van der Waals surface area contributed by atoms with Gasteiger partial charge in [-0.3, -0.25) is 4.90 Å². The van der Waals surface area contributed by atoms with Crippen molar-refractivity contribution in [2.24, 2.45) is 11.7 Å². The van der Waals surface area contributed by atoms with Crippen molar-refractivity contribution in [3.8, 4) is 0 Å².